The number of benzene rings is 1. The Morgan fingerprint density at radius 1 is 1.42 bits per heavy atom. The molecule has 0 aromatic heterocycles. The van der Waals surface area contributed by atoms with Crippen molar-refractivity contribution >= 4 is 15.0 Å². The molecule has 0 aliphatic heterocycles. The van der Waals surface area contributed by atoms with Gasteiger partial charge in [0, 0.05) is 6.61 Å². The molecule has 0 radical (unpaired) electrons. The predicted molar refractivity (Wildman–Crippen MR) is 55.6 cm³/mol. The van der Waals surface area contributed by atoms with Gasteiger partial charge in [-0.2, -0.15) is 0 Å². The highest BCUT2D eigenvalue weighted by Crippen LogP contribution is 2.09. The fraction of sp³-hybridized carbons (Fsp3) is 0.200. The molecule has 12 heavy (non-hydrogen) atoms. The van der Waals surface area contributed by atoms with E-state index in [-0.39, 0.29) is 0 Å². The van der Waals surface area contributed by atoms with Crippen molar-refractivity contribution < 1.29 is 4.43 Å². The third-order valence-electron chi connectivity index (χ3n) is 1.66. The van der Waals surface area contributed by atoms with Crippen LogP contribution in [0.3, 0.4) is 0 Å². The Balaban J connectivity index is 2.54. The Morgan fingerprint density at radius 2 is 2.08 bits per heavy atom. The van der Waals surface area contributed by atoms with E-state index >= 15 is 0 Å². The van der Waals surface area contributed by atoms with Gasteiger partial charge >= 0.3 is 0 Å². The van der Waals surface area contributed by atoms with Crippen LogP contribution in [0.4, 0.5) is 0 Å². The van der Waals surface area contributed by atoms with E-state index in [9.17, 15) is 0 Å². The van der Waals surface area contributed by atoms with E-state index in [2.05, 4.69) is 18.7 Å². The molecule has 0 amide bonds. The Hall–Kier alpha value is -0.863. The minimum atomic E-state index is -0.557. The summed E-state index contributed by atoms with van der Waals surface area (Å²) in [5.74, 6) is 0. The first kappa shape index (κ1) is 9.23. The molecule has 0 fully saturated rings. The largest absolute Gasteiger partial charge is 0.419 e. The SMILES string of the molecule is C=C([SiH2]OCC)c1ccccc1. The fourth-order valence-corrected chi connectivity index (χ4v) is 1.84. The molecular weight excluding hydrogens is 164 g/mol. The molecule has 0 aliphatic rings. The molecule has 0 N–H and O–H groups in total. The summed E-state index contributed by atoms with van der Waals surface area (Å²) in [6, 6.07) is 10.2. The monoisotopic (exact) mass is 178 g/mol. The van der Waals surface area contributed by atoms with Crippen LogP contribution in [0.25, 0.3) is 5.20 Å². The van der Waals surface area contributed by atoms with E-state index in [1.54, 1.807) is 0 Å². The summed E-state index contributed by atoms with van der Waals surface area (Å²) in [7, 11) is -0.557. The Morgan fingerprint density at radius 3 is 2.67 bits per heavy atom. The molecule has 0 atom stereocenters. The van der Waals surface area contributed by atoms with Gasteiger partial charge in [-0.05, 0) is 17.7 Å². The minimum absolute atomic E-state index is 0.557. The topological polar surface area (TPSA) is 9.23 Å². The lowest BCUT2D eigenvalue weighted by Crippen LogP contribution is -2.00. The molecular formula is C10H14OSi. The van der Waals surface area contributed by atoms with Gasteiger partial charge in [-0.25, -0.2) is 0 Å². The van der Waals surface area contributed by atoms with Gasteiger partial charge in [0.15, 0.2) is 9.76 Å². The van der Waals surface area contributed by atoms with Crippen LogP contribution in [0.5, 0.6) is 0 Å². The van der Waals surface area contributed by atoms with Gasteiger partial charge in [-0.3, -0.25) is 0 Å². The van der Waals surface area contributed by atoms with Gasteiger partial charge < -0.3 is 4.43 Å². The van der Waals surface area contributed by atoms with Crippen molar-refractivity contribution in [1.82, 2.24) is 0 Å². The highest BCUT2D eigenvalue weighted by atomic mass is 28.2. The van der Waals surface area contributed by atoms with Crippen LogP contribution in [0, 0.1) is 0 Å². The Bertz CT molecular complexity index is 243. The van der Waals surface area contributed by atoms with Crippen molar-refractivity contribution in [2.75, 3.05) is 6.61 Å². The smallest absolute Gasteiger partial charge is 0.192 e. The second-order valence-corrected chi connectivity index (χ2v) is 4.16. The zero-order valence-electron chi connectivity index (χ0n) is 7.42. The lowest BCUT2D eigenvalue weighted by Gasteiger charge is -2.03. The van der Waals surface area contributed by atoms with Gasteiger partial charge in [0.05, 0.1) is 0 Å². The highest BCUT2D eigenvalue weighted by Gasteiger charge is 1.97. The predicted octanol–water partition coefficient (Wildman–Crippen LogP) is 1.78. The molecule has 0 bridgehead atoms. The first-order valence-corrected chi connectivity index (χ1v) is 5.44. The van der Waals surface area contributed by atoms with E-state index in [1.165, 1.54) is 10.8 Å². The summed E-state index contributed by atoms with van der Waals surface area (Å²) in [5, 5.41) is 1.18. The van der Waals surface area contributed by atoms with Gasteiger partial charge in [-0.1, -0.05) is 36.9 Å². The Labute approximate surface area is 76.0 Å². The van der Waals surface area contributed by atoms with Crippen LogP contribution in [0.15, 0.2) is 36.9 Å². The van der Waals surface area contributed by atoms with E-state index in [4.69, 9.17) is 4.43 Å². The molecule has 1 aromatic carbocycles. The Kier molecular flexibility index (Phi) is 3.77. The van der Waals surface area contributed by atoms with Crippen LogP contribution in [0.2, 0.25) is 0 Å². The molecule has 0 aliphatic carbocycles. The molecule has 0 saturated carbocycles. The third kappa shape index (κ3) is 2.64. The summed E-state index contributed by atoms with van der Waals surface area (Å²) in [6.07, 6.45) is 0. The molecule has 1 rings (SSSR count). The minimum Gasteiger partial charge on any atom is -0.419 e. The van der Waals surface area contributed by atoms with Crippen LogP contribution < -0.4 is 0 Å². The van der Waals surface area contributed by atoms with Gasteiger partial charge in [0.2, 0.25) is 0 Å². The van der Waals surface area contributed by atoms with Crippen molar-refractivity contribution in [2.24, 2.45) is 0 Å². The maximum absolute atomic E-state index is 5.39. The van der Waals surface area contributed by atoms with Gasteiger partial charge in [0.1, 0.15) is 0 Å². The maximum atomic E-state index is 5.39. The molecule has 0 saturated heterocycles. The first-order chi connectivity index (χ1) is 5.84. The summed E-state index contributed by atoms with van der Waals surface area (Å²) >= 11 is 0. The highest BCUT2D eigenvalue weighted by molar-refractivity contribution is 6.54. The number of hydrogen-bond acceptors (Lipinski definition) is 1. The normalized spacial score (nSPS) is 10.8. The standard InChI is InChI=1S/C10H14OSi/c1-3-11-12-9(2)10-7-5-4-6-8-10/h4-8H,2-3,12H2,1H3. The van der Waals surface area contributed by atoms with Crippen LogP contribution in [-0.4, -0.2) is 16.4 Å². The summed E-state index contributed by atoms with van der Waals surface area (Å²) in [6.45, 7) is 6.82. The molecule has 0 unspecified atom stereocenters. The zero-order valence-corrected chi connectivity index (χ0v) is 8.83. The summed E-state index contributed by atoms with van der Waals surface area (Å²) in [4.78, 5) is 0. The third-order valence-corrected chi connectivity index (χ3v) is 3.03. The first-order valence-electron chi connectivity index (χ1n) is 4.15. The second-order valence-electron chi connectivity index (χ2n) is 2.61. The van der Waals surface area contributed by atoms with E-state index < -0.39 is 9.76 Å². The van der Waals surface area contributed by atoms with Gasteiger partial charge in [-0.15, -0.1) is 0 Å². The molecule has 1 aromatic rings. The second kappa shape index (κ2) is 4.90. The van der Waals surface area contributed by atoms with Crippen molar-refractivity contribution in [3.05, 3.63) is 42.5 Å². The van der Waals surface area contributed by atoms with E-state index in [0.29, 0.717) is 0 Å². The molecule has 0 spiro atoms. The summed E-state index contributed by atoms with van der Waals surface area (Å²) in [5.41, 5.74) is 1.22. The lowest BCUT2D eigenvalue weighted by molar-refractivity contribution is 0.368. The van der Waals surface area contributed by atoms with Crippen molar-refractivity contribution in [3.8, 4) is 0 Å². The summed E-state index contributed by atoms with van der Waals surface area (Å²) < 4.78 is 5.39. The quantitative estimate of drug-likeness (QED) is 0.639. The molecule has 0 heterocycles. The van der Waals surface area contributed by atoms with Crippen molar-refractivity contribution in [2.45, 2.75) is 6.92 Å². The van der Waals surface area contributed by atoms with Crippen molar-refractivity contribution in [3.63, 3.8) is 0 Å². The molecule has 1 nitrogen and oxygen atoms in total. The van der Waals surface area contributed by atoms with E-state index in [1.807, 2.05) is 25.1 Å². The van der Waals surface area contributed by atoms with Crippen LogP contribution in [0.1, 0.15) is 12.5 Å². The van der Waals surface area contributed by atoms with Crippen LogP contribution in [-0.2, 0) is 4.43 Å². The molecule has 2 heteroatoms. The van der Waals surface area contributed by atoms with Crippen LogP contribution >= 0.6 is 0 Å². The van der Waals surface area contributed by atoms with Crippen molar-refractivity contribution in [1.29, 1.82) is 0 Å². The number of rotatable bonds is 4. The average Bonchev–Trinajstić information content (AvgIpc) is 2.15. The fourth-order valence-electron chi connectivity index (χ4n) is 0.982. The van der Waals surface area contributed by atoms with Gasteiger partial charge in [0.25, 0.3) is 0 Å². The average molecular weight is 178 g/mol. The molecule has 64 valence electrons. The lowest BCUT2D eigenvalue weighted by atomic mass is 10.2. The van der Waals surface area contributed by atoms with E-state index in [0.717, 1.165) is 6.61 Å². The zero-order chi connectivity index (χ0) is 8.81. The number of hydrogen-bond donors (Lipinski definition) is 0. The maximum Gasteiger partial charge on any atom is 0.192 e.